The molecule has 206 valence electrons. The molecule has 2 aromatic rings. The third kappa shape index (κ3) is 6.85. The van der Waals surface area contributed by atoms with E-state index in [9.17, 15) is 28.0 Å². The Morgan fingerprint density at radius 2 is 1.92 bits per heavy atom. The number of rotatable bonds is 9. The number of carbonyl (C=O) groups excluding carboxylic acids is 2. The largest absolute Gasteiger partial charge is 0.378 e. The number of methoxy groups -OCH3 is 1. The average molecular weight is 541 g/mol. The monoisotopic (exact) mass is 540 g/mol. The van der Waals surface area contributed by atoms with Crippen molar-refractivity contribution < 1.29 is 27.5 Å². The van der Waals surface area contributed by atoms with Crippen LogP contribution < -0.4 is 10.6 Å². The first-order valence-corrected chi connectivity index (χ1v) is 13.0. The molecule has 10 heteroatoms. The minimum absolute atomic E-state index is 0.00874. The molecule has 0 saturated carbocycles. The van der Waals surface area contributed by atoms with E-state index < -0.39 is 29.3 Å². The van der Waals surface area contributed by atoms with Crippen LogP contribution in [0.1, 0.15) is 54.2 Å². The van der Waals surface area contributed by atoms with Crippen molar-refractivity contribution >= 4 is 11.8 Å². The molecule has 0 radical (unpaired) electrons. The van der Waals surface area contributed by atoms with E-state index >= 15 is 0 Å². The molecule has 0 unspecified atom stereocenters. The van der Waals surface area contributed by atoms with Gasteiger partial charge < -0.3 is 20.3 Å². The van der Waals surface area contributed by atoms with Gasteiger partial charge in [-0.25, -0.2) is 13.2 Å². The number of benzene rings is 2. The van der Waals surface area contributed by atoms with Gasteiger partial charge in [-0.1, -0.05) is 12.1 Å². The second-order valence-corrected chi connectivity index (χ2v) is 9.87. The molecule has 2 aliphatic rings. The highest BCUT2D eigenvalue weighted by Gasteiger charge is 2.33. The van der Waals surface area contributed by atoms with Gasteiger partial charge in [0.05, 0.1) is 23.9 Å². The maximum Gasteiger partial charge on any atom is 0.249 e. The maximum atomic E-state index is 14.0. The van der Waals surface area contributed by atoms with Crippen molar-refractivity contribution in [3.8, 4) is 6.07 Å². The quantitative estimate of drug-likeness (QED) is 0.471. The van der Waals surface area contributed by atoms with Crippen LogP contribution in [0.4, 0.5) is 13.2 Å². The highest BCUT2D eigenvalue weighted by atomic mass is 19.2. The summed E-state index contributed by atoms with van der Waals surface area (Å²) >= 11 is 0. The molecular weight excluding hydrogens is 509 g/mol. The molecule has 2 aliphatic heterocycles. The van der Waals surface area contributed by atoms with Crippen molar-refractivity contribution in [1.82, 2.24) is 15.5 Å². The van der Waals surface area contributed by atoms with Crippen molar-refractivity contribution in [2.45, 2.75) is 37.5 Å². The van der Waals surface area contributed by atoms with Gasteiger partial charge in [-0.2, -0.15) is 5.26 Å². The van der Waals surface area contributed by atoms with Gasteiger partial charge in [0, 0.05) is 31.6 Å². The van der Waals surface area contributed by atoms with E-state index in [1.165, 1.54) is 25.3 Å². The summed E-state index contributed by atoms with van der Waals surface area (Å²) in [5, 5.41) is 14.9. The Kier molecular flexibility index (Phi) is 9.38. The number of carbonyl (C=O) groups is 2. The number of hydrogen-bond donors (Lipinski definition) is 2. The first-order valence-electron chi connectivity index (χ1n) is 13.0. The topological polar surface area (TPSA) is 94.5 Å². The number of nitrogens with one attached hydrogen (secondary N) is 2. The predicted molar refractivity (Wildman–Crippen MR) is 138 cm³/mol. The lowest BCUT2D eigenvalue weighted by atomic mass is 9.83. The van der Waals surface area contributed by atoms with Crippen molar-refractivity contribution in [3.05, 3.63) is 81.8 Å². The van der Waals surface area contributed by atoms with Crippen LogP contribution in [0.25, 0.3) is 0 Å². The molecule has 0 aliphatic carbocycles. The van der Waals surface area contributed by atoms with E-state index in [0.717, 1.165) is 50.2 Å². The van der Waals surface area contributed by atoms with E-state index in [1.807, 2.05) is 0 Å². The summed E-state index contributed by atoms with van der Waals surface area (Å²) in [5.74, 6) is -3.71. The maximum absolute atomic E-state index is 14.0. The predicted octanol–water partition coefficient (Wildman–Crippen LogP) is 3.87. The zero-order chi connectivity index (χ0) is 27.9. The van der Waals surface area contributed by atoms with Gasteiger partial charge in [-0.3, -0.25) is 9.59 Å². The first kappa shape index (κ1) is 28.3. The van der Waals surface area contributed by atoms with E-state index in [-0.39, 0.29) is 30.4 Å². The molecule has 7 nitrogen and oxygen atoms in total. The molecule has 0 aromatic heterocycles. The van der Waals surface area contributed by atoms with Crippen molar-refractivity contribution in [1.29, 1.82) is 5.26 Å². The Morgan fingerprint density at radius 1 is 1.15 bits per heavy atom. The SMILES string of the molecule is COCC1=C(C(=O)NCCCN2CCC(c3ccc(F)cc3C#N)CC2)[C@@H](c2ccc(F)c(F)c2)CC(=O)N1. The summed E-state index contributed by atoms with van der Waals surface area (Å²) in [5.41, 5.74) is 2.20. The minimum atomic E-state index is -1.04. The molecule has 2 N–H and O–H groups in total. The number of ether oxygens (including phenoxy) is 1. The second-order valence-electron chi connectivity index (χ2n) is 9.87. The Hall–Kier alpha value is -3.68. The van der Waals surface area contributed by atoms with E-state index in [0.29, 0.717) is 29.8 Å². The molecule has 1 saturated heterocycles. The van der Waals surface area contributed by atoms with E-state index in [4.69, 9.17) is 4.74 Å². The lowest BCUT2D eigenvalue weighted by molar-refractivity contribution is -0.122. The van der Waals surface area contributed by atoms with Crippen LogP contribution in [-0.2, 0) is 14.3 Å². The van der Waals surface area contributed by atoms with Crippen LogP contribution in [-0.4, -0.2) is 56.6 Å². The standard InChI is InChI=1S/C29H31F3N4O3/c1-39-17-26-28(23(15-27(37)35-26)19-3-6-24(31)25(32)14-19)29(38)34-9-2-10-36-11-7-18(8-12-36)22-5-4-21(30)13-20(22)16-33/h3-6,13-14,18,23H,2,7-12,15,17H2,1H3,(H,34,38)(H,35,37)/t23-/m1/s1. The zero-order valence-electron chi connectivity index (χ0n) is 21.7. The van der Waals surface area contributed by atoms with Gasteiger partial charge in [0.15, 0.2) is 11.6 Å². The lowest BCUT2D eigenvalue weighted by Gasteiger charge is -2.32. The molecule has 0 bridgehead atoms. The van der Waals surface area contributed by atoms with Crippen molar-refractivity contribution in [3.63, 3.8) is 0 Å². The highest BCUT2D eigenvalue weighted by molar-refractivity contribution is 5.99. The lowest BCUT2D eigenvalue weighted by Crippen LogP contribution is -2.40. The molecule has 1 fully saturated rings. The smallest absolute Gasteiger partial charge is 0.249 e. The Bertz CT molecular complexity index is 1300. The summed E-state index contributed by atoms with van der Waals surface area (Å²) in [6.45, 7) is 2.79. The molecule has 2 heterocycles. The number of nitrogens with zero attached hydrogens (tertiary/aromatic N) is 2. The fourth-order valence-electron chi connectivity index (χ4n) is 5.40. The molecule has 2 amide bonds. The van der Waals surface area contributed by atoms with Crippen LogP contribution in [0.5, 0.6) is 0 Å². The summed E-state index contributed by atoms with van der Waals surface area (Å²) in [6.07, 6.45) is 2.33. The molecule has 2 aromatic carbocycles. The van der Waals surface area contributed by atoms with Gasteiger partial charge in [-0.15, -0.1) is 0 Å². The number of halogens is 3. The van der Waals surface area contributed by atoms with Gasteiger partial charge in [0.2, 0.25) is 11.8 Å². The van der Waals surface area contributed by atoms with Crippen molar-refractivity contribution in [2.24, 2.45) is 0 Å². The van der Waals surface area contributed by atoms with E-state index in [2.05, 4.69) is 21.6 Å². The number of hydrogen-bond acceptors (Lipinski definition) is 5. The average Bonchev–Trinajstić information content (AvgIpc) is 2.92. The zero-order valence-corrected chi connectivity index (χ0v) is 21.7. The Balaban J connectivity index is 1.33. The summed E-state index contributed by atoms with van der Waals surface area (Å²) in [6, 6.07) is 9.87. The van der Waals surface area contributed by atoms with Gasteiger partial charge in [0.25, 0.3) is 0 Å². The van der Waals surface area contributed by atoms with Crippen LogP contribution in [0.2, 0.25) is 0 Å². The molecule has 39 heavy (non-hydrogen) atoms. The normalized spacial score (nSPS) is 18.5. The Morgan fingerprint density at radius 3 is 2.62 bits per heavy atom. The first-order chi connectivity index (χ1) is 18.8. The van der Waals surface area contributed by atoms with Crippen LogP contribution >= 0.6 is 0 Å². The van der Waals surface area contributed by atoms with Gasteiger partial charge >= 0.3 is 0 Å². The van der Waals surface area contributed by atoms with Crippen molar-refractivity contribution in [2.75, 3.05) is 39.9 Å². The molecular formula is C29H31F3N4O3. The van der Waals surface area contributed by atoms with Crippen LogP contribution in [0.15, 0.2) is 47.7 Å². The molecule has 4 rings (SSSR count). The number of nitriles is 1. The Labute approximate surface area is 225 Å². The number of amides is 2. The van der Waals surface area contributed by atoms with Gasteiger partial charge in [0.1, 0.15) is 5.82 Å². The third-order valence-corrected chi connectivity index (χ3v) is 7.33. The van der Waals surface area contributed by atoms with E-state index in [1.54, 1.807) is 6.07 Å². The fraction of sp³-hybridized carbons (Fsp3) is 0.414. The van der Waals surface area contributed by atoms with Gasteiger partial charge in [-0.05, 0) is 80.2 Å². The summed E-state index contributed by atoms with van der Waals surface area (Å²) in [7, 11) is 1.44. The van der Waals surface area contributed by atoms with Crippen LogP contribution in [0, 0.1) is 28.8 Å². The van der Waals surface area contributed by atoms with Crippen LogP contribution in [0.3, 0.4) is 0 Å². The third-order valence-electron chi connectivity index (χ3n) is 7.33. The summed E-state index contributed by atoms with van der Waals surface area (Å²) < 4.78 is 46.1. The molecule has 1 atom stereocenters. The summed E-state index contributed by atoms with van der Waals surface area (Å²) in [4.78, 5) is 27.9. The highest BCUT2D eigenvalue weighted by Crippen LogP contribution is 2.34. The molecule has 0 spiro atoms. The number of piperidine rings is 1. The minimum Gasteiger partial charge on any atom is -0.378 e. The second kappa shape index (κ2) is 12.9. The number of likely N-dealkylation sites (tertiary alicyclic amines) is 1. The fourth-order valence-corrected chi connectivity index (χ4v) is 5.40.